The number of aliphatic hydroxyl groups is 1. The topological polar surface area (TPSA) is 96.5 Å². The number of thiophene rings is 1. The number of aromatic nitrogens is 2. The van der Waals surface area contributed by atoms with E-state index in [4.69, 9.17) is 4.42 Å². The summed E-state index contributed by atoms with van der Waals surface area (Å²) in [5.74, 6) is -1.65. The van der Waals surface area contributed by atoms with Gasteiger partial charge in [-0.3, -0.25) is 14.5 Å². The van der Waals surface area contributed by atoms with Gasteiger partial charge in [0.25, 0.3) is 5.91 Å². The zero-order chi connectivity index (χ0) is 16.7. The summed E-state index contributed by atoms with van der Waals surface area (Å²) in [5, 5.41) is 20.0. The fourth-order valence-electron chi connectivity index (χ4n) is 2.59. The fourth-order valence-corrected chi connectivity index (χ4v) is 3.86. The Labute approximate surface area is 143 Å². The SMILES string of the molecule is O=C(C1=C(O)C(=O)N(c2nncs2)C1c1ccoc1)c1cccs1. The van der Waals surface area contributed by atoms with Crippen molar-refractivity contribution in [3.8, 4) is 0 Å². The van der Waals surface area contributed by atoms with Crippen LogP contribution in [0, 0.1) is 0 Å². The van der Waals surface area contributed by atoms with Crippen molar-refractivity contribution in [1.29, 1.82) is 0 Å². The number of anilines is 1. The number of amides is 1. The van der Waals surface area contributed by atoms with E-state index in [1.54, 1.807) is 23.6 Å². The van der Waals surface area contributed by atoms with Crippen molar-refractivity contribution in [1.82, 2.24) is 10.2 Å². The number of hydrogen-bond donors (Lipinski definition) is 1. The van der Waals surface area contributed by atoms with E-state index in [2.05, 4.69) is 10.2 Å². The van der Waals surface area contributed by atoms with Crippen LogP contribution in [0.5, 0.6) is 0 Å². The molecule has 0 bridgehead atoms. The molecule has 1 aliphatic heterocycles. The number of carbonyl (C=O) groups is 2. The number of carbonyl (C=O) groups excluding carboxylic acids is 2. The predicted molar refractivity (Wildman–Crippen MR) is 87.1 cm³/mol. The summed E-state index contributed by atoms with van der Waals surface area (Å²) in [7, 11) is 0. The van der Waals surface area contributed by atoms with Crippen LogP contribution in [0.15, 0.2) is 57.4 Å². The smallest absolute Gasteiger partial charge is 0.296 e. The molecule has 0 saturated heterocycles. The second-order valence-electron chi connectivity index (χ2n) is 4.92. The van der Waals surface area contributed by atoms with E-state index in [1.165, 1.54) is 34.3 Å². The van der Waals surface area contributed by atoms with Crippen molar-refractivity contribution in [3.63, 3.8) is 0 Å². The minimum absolute atomic E-state index is 0.0130. The maximum absolute atomic E-state index is 12.8. The molecule has 1 aliphatic rings. The maximum Gasteiger partial charge on any atom is 0.296 e. The van der Waals surface area contributed by atoms with Crippen molar-refractivity contribution >= 4 is 39.5 Å². The van der Waals surface area contributed by atoms with Gasteiger partial charge in [0, 0.05) is 5.56 Å². The summed E-state index contributed by atoms with van der Waals surface area (Å²) in [6.07, 6.45) is 2.88. The molecule has 1 amide bonds. The summed E-state index contributed by atoms with van der Waals surface area (Å²) in [4.78, 5) is 27.1. The molecule has 4 heterocycles. The van der Waals surface area contributed by atoms with E-state index < -0.39 is 23.5 Å². The number of aliphatic hydroxyl groups excluding tert-OH is 1. The van der Waals surface area contributed by atoms with E-state index in [1.807, 2.05) is 0 Å². The van der Waals surface area contributed by atoms with Crippen LogP contribution in [0.25, 0.3) is 0 Å². The summed E-state index contributed by atoms with van der Waals surface area (Å²) in [5.41, 5.74) is 2.06. The van der Waals surface area contributed by atoms with E-state index in [0.29, 0.717) is 15.6 Å². The predicted octanol–water partition coefficient (Wildman–Crippen LogP) is 2.98. The molecule has 3 aromatic heterocycles. The first-order chi connectivity index (χ1) is 11.7. The molecule has 4 rings (SSSR count). The second kappa shape index (κ2) is 5.69. The van der Waals surface area contributed by atoms with Crippen LogP contribution in [0.1, 0.15) is 21.3 Å². The summed E-state index contributed by atoms with van der Waals surface area (Å²) >= 11 is 2.39. The van der Waals surface area contributed by atoms with E-state index in [9.17, 15) is 14.7 Å². The van der Waals surface area contributed by atoms with E-state index in [0.717, 1.165) is 11.3 Å². The molecule has 0 fully saturated rings. The molecule has 0 saturated carbocycles. The van der Waals surface area contributed by atoms with Gasteiger partial charge in [0.05, 0.1) is 23.0 Å². The highest BCUT2D eigenvalue weighted by molar-refractivity contribution is 7.13. The van der Waals surface area contributed by atoms with Crippen LogP contribution >= 0.6 is 22.7 Å². The molecule has 120 valence electrons. The van der Waals surface area contributed by atoms with Gasteiger partial charge in [0.2, 0.25) is 10.9 Å². The standard InChI is InChI=1S/C15H9N3O4S2/c19-12(9-2-1-5-23-9)10-11(8-3-4-22-6-8)18(14(21)13(10)20)15-17-16-7-24-15/h1-7,11,20H. The average Bonchev–Trinajstić information content (AvgIpc) is 3.37. The lowest BCUT2D eigenvalue weighted by molar-refractivity contribution is -0.117. The first kappa shape index (κ1) is 14.8. The zero-order valence-corrected chi connectivity index (χ0v) is 13.6. The summed E-state index contributed by atoms with van der Waals surface area (Å²) < 4.78 is 5.10. The van der Waals surface area contributed by atoms with Gasteiger partial charge < -0.3 is 9.52 Å². The Kier molecular flexibility index (Phi) is 3.51. The van der Waals surface area contributed by atoms with Crippen molar-refractivity contribution in [2.75, 3.05) is 4.90 Å². The molecule has 0 aliphatic carbocycles. The van der Waals surface area contributed by atoms with Crippen molar-refractivity contribution < 1.29 is 19.1 Å². The van der Waals surface area contributed by atoms with Gasteiger partial charge in [-0.1, -0.05) is 17.4 Å². The maximum atomic E-state index is 12.8. The Bertz CT molecular complexity index is 914. The Hall–Kier alpha value is -2.78. The van der Waals surface area contributed by atoms with E-state index >= 15 is 0 Å². The molecule has 1 N–H and O–H groups in total. The lowest BCUT2D eigenvalue weighted by atomic mass is 9.98. The highest BCUT2D eigenvalue weighted by Crippen LogP contribution is 2.42. The van der Waals surface area contributed by atoms with Crippen molar-refractivity contribution in [2.45, 2.75) is 6.04 Å². The van der Waals surface area contributed by atoms with Gasteiger partial charge in [-0.15, -0.1) is 21.5 Å². The molecule has 1 atom stereocenters. The minimum Gasteiger partial charge on any atom is -0.503 e. The molecule has 9 heteroatoms. The number of hydrogen-bond acceptors (Lipinski definition) is 8. The first-order valence-electron chi connectivity index (χ1n) is 6.81. The number of nitrogens with zero attached hydrogens (tertiary/aromatic N) is 3. The number of Topliss-reactive ketones (excluding diaryl/α,β-unsaturated/α-hetero) is 1. The Morgan fingerprint density at radius 2 is 2.21 bits per heavy atom. The molecular formula is C15H9N3O4S2. The number of furan rings is 1. The van der Waals surface area contributed by atoms with Gasteiger partial charge in [0.15, 0.2) is 5.76 Å². The molecule has 0 radical (unpaired) electrons. The van der Waals surface area contributed by atoms with Gasteiger partial charge in [-0.05, 0) is 17.5 Å². The molecule has 3 aromatic rings. The molecule has 24 heavy (non-hydrogen) atoms. The highest BCUT2D eigenvalue weighted by Gasteiger charge is 2.46. The van der Waals surface area contributed by atoms with Gasteiger partial charge in [0.1, 0.15) is 11.6 Å². The third-order valence-corrected chi connectivity index (χ3v) is 5.17. The third kappa shape index (κ3) is 2.17. The Morgan fingerprint density at radius 3 is 2.83 bits per heavy atom. The molecule has 1 unspecified atom stereocenters. The first-order valence-corrected chi connectivity index (χ1v) is 8.57. The van der Waals surface area contributed by atoms with Crippen LogP contribution in [0.2, 0.25) is 0 Å². The molecule has 0 aromatic carbocycles. The number of rotatable bonds is 4. The third-order valence-electron chi connectivity index (χ3n) is 3.61. The summed E-state index contributed by atoms with van der Waals surface area (Å²) in [6, 6.07) is 4.23. The van der Waals surface area contributed by atoms with Crippen molar-refractivity contribution in [2.24, 2.45) is 0 Å². The molecule has 0 spiro atoms. The van der Waals surface area contributed by atoms with Crippen LogP contribution in [0.4, 0.5) is 5.13 Å². The highest BCUT2D eigenvalue weighted by atomic mass is 32.1. The Balaban J connectivity index is 1.87. The normalized spacial score (nSPS) is 17.8. The van der Waals surface area contributed by atoms with Crippen molar-refractivity contribution in [3.05, 3.63) is 63.4 Å². The minimum atomic E-state index is -0.807. The largest absolute Gasteiger partial charge is 0.503 e. The van der Waals surface area contributed by atoms with Crippen LogP contribution in [-0.2, 0) is 4.79 Å². The second-order valence-corrected chi connectivity index (χ2v) is 6.68. The molecular weight excluding hydrogens is 350 g/mol. The van der Waals surface area contributed by atoms with Gasteiger partial charge >= 0.3 is 0 Å². The summed E-state index contributed by atoms with van der Waals surface area (Å²) in [6.45, 7) is 0. The monoisotopic (exact) mass is 359 g/mol. The lowest BCUT2D eigenvalue weighted by Crippen LogP contribution is -2.30. The fraction of sp³-hybridized carbons (Fsp3) is 0.0667. The van der Waals surface area contributed by atoms with Crippen LogP contribution in [-0.4, -0.2) is 27.0 Å². The number of ketones is 1. The average molecular weight is 359 g/mol. The lowest BCUT2D eigenvalue weighted by Gasteiger charge is -2.22. The van der Waals surface area contributed by atoms with Crippen LogP contribution in [0.3, 0.4) is 0 Å². The zero-order valence-electron chi connectivity index (χ0n) is 11.9. The van der Waals surface area contributed by atoms with Crippen LogP contribution < -0.4 is 4.90 Å². The van der Waals surface area contributed by atoms with E-state index in [-0.39, 0.29) is 5.57 Å². The quantitative estimate of drug-likeness (QED) is 0.720. The van der Waals surface area contributed by atoms with Gasteiger partial charge in [-0.2, -0.15) is 0 Å². The molecule has 7 nitrogen and oxygen atoms in total. The Morgan fingerprint density at radius 1 is 1.33 bits per heavy atom. The van der Waals surface area contributed by atoms with Gasteiger partial charge in [-0.25, -0.2) is 0 Å².